The normalized spacial score (nSPS) is 38.3. The fourth-order valence-electron chi connectivity index (χ4n) is 3.80. The highest BCUT2D eigenvalue weighted by Crippen LogP contribution is 2.47. The number of carbonyl (C=O) groups excluding carboxylic acids is 2. The summed E-state index contributed by atoms with van der Waals surface area (Å²) < 4.78 is 0. The topological polar surface area (TPSA) is 75.4 Å². The number of nitrogens with two attached hydrogens (primary N) is 1. The first-order valence-electron chi connectivity index (χ1n) is 7.52. The Labute approximate surface area is 136 Å². The van der Waals surface area contributed by atoms with E-state index in [0.29, 0.717) is 24.6 Å². The van der Waals surface area contributed by atoms with E-state index in [1.165, 1.54) is 0 Å². The first-order valence-corrected chi connectivity index (χ1v) is 8.50. The molecule has 2 amide bonds. The highest BCUT2D eigenvalue weighted by molar-refractivity contribution is 8.01. The van der Waals surface area contributed by atoms with Crippen LogP contribution in [0.5, 0.6) is 0 Å². The van der Waals surface area contributed by atoms with Crippen molar-refractivity contribution in [2.75, 3.05) is 12.3 Å². The van der Waals surface area contributed by atoms with Gasteiger partial charge < -0.3 is 16.0 Å². The van der Waals surface area contributed by atoms with Crippen molar-refractivity contribution in [3.8, 4) is 0 Å². The summed E-state index contributed by atoms with van der Waals surface area (Å²) in [5.74, 6) is 1.25. The highest BCUT2D eigenvalue weighted by Gasteiger charge is 2.53. The summed E-state index contributed by atoms with van der Waals surface area (Å²) >= 11 is 1.74. The van der Waals surface area contributed by atoms with Gasteiger partial charge in [-0.05, 0) is 38.6 Å². The predicted molar refractivity (Wildman–Crippen MR) is 86.3 cm³/mol. The van der Waals surface area contributed by atoms with Gasteiger partial charge >= 0.3 is 0 Å². The van der Waals surface area contributed by atoms with E-state index >= 15 is 0 Å². The number of hydrogen-bond donors (Lipinski definition) is 2. The summed E-state index contributed by atoms with van der Waals surface area (Å²) in [7, 11) is 0. The van der Waals surface area contributed by atoms with Crippen LogP contribution in [-0.4, -0.2) is 46.0 Å². The molecule has 3 aliphatic rings. The Morgan fingerprint density at radius 2 is 2.29 bits per heavy atom. The van der Waals surface area contributed by atoms with Crippen LogP contribution in [0.15, 0.2) is 0 Å². The summed E-state index contributed by atoms with van der Waals surface area (Å²) in [5.41, 5.74) is 5.76. The minimum atomic E-state index is -0.293. The third kappa shape index (κ3) is 2.90. The molecule has 1 aliphatic carbocycles. The third-order valence-electron chi connectivity index (χ3n) is 5.04. The standard InChI is InChI=1S/C14H23N3O2S.ClH/c1-14-6-5-12(18)17(14)11(8-20-14)13(19)16-10-4-2-3-9(10)7-15;/h9-11H,2-8,15H2,1H3,(H,16,19);1H. The second kappa shape index (κ2) is 6.34. The number of amides is 2. The molecule has 0 bridgehead atoms. The molecule has 1 saturated carbocycles. The lowest BCUT2D eigenvalue weighted by molar-refractivity contribution is -0.138. The van der Waals surface area contributed by atoms with Crippen molar-refractivity contribution in [2.24, 2.45) is 11.7 Å². The zero-order chi connectivity index (χ0) is 14.3. The van der Waals surface area contributed by atoms with E-state index in [1.807, 2.05) is 4.90 Å². The molecule has 0 radical (unpaired) electrons. The Kier molecular flexibility index (Phi) is 5.11. The molecule has 0 aromatic heterocycles. The molecule has 0 aromatic rings. The lowest BCUT2D eigenvalue weighted by atomic mass is 10.0. The van der Waals surface area contributed by atoms with E-state index in [2.05, 4.69) is 12.2 Å². The fraction of sp³-hybridized carbons (Fsp3) is 0.857. The van der Waals surface area contributed by atoms with Gasteiger partial charge in [0.1, 0.15) is 6.04 Å². The number of hydrogen-bond acceptors (Lipinski definition) is 4. The summed E-state index contributed by atoms with van der Waals surface area (Å²) in [6.45, 7) is 2.71. The van der Waals surface area contributed by atoms with Gasteiger partial charge in [0.15, 0.2) is 0 Å². The van der Waals surface area contributed by atoms with E-state index in [1.54, 1.807) is 11.8 Å². The lowest BCUT2D eigenvalue weighted by Gasteiger charge is -2.31. The SMILES string of the molecule is CC12CCC(=O)N1C(C(=O)NC1CCCC1CN)CS2.Cl. The maximum absolute atomic E-state index is 12.5. The second-order valence-electron chi connectivity index (χ2n) is 6.31. The van der Waals surface area contributed by atoms with Gasteiger partial charge in [-0.1, -0.05) is 6.42 Å². The summed E-state index contributed by atoms with van der Waals surface area (Å²) in [5, 5.41) is 3.15. The van der Waals surface area contributed by atoms with Gasteiger partial charge in [-0.3, -0.25) is 9.59 Å². The molecule has 2 heterocycles. The number of nitrogens with zero attached hydrogens (tertiary/aromatic N) is 1. The molecule has 0 aromatic carbocycles. The van der Waals surface area contributed by atoms with Gasteiger partial charge in [-0.15, -0.1) is 24.2 Å². The number of halogens is 1. The van der Waals surface area contributed by atoms with Crippen molar-refractivity contribution in [3.05, 3.63) is 0 Å². The average molecular weight is 334 g/mol. The van der Waals surface area contributed by atoms with Crippen LogP contribution < -0.4 is 11.1 Å². The zero-order valence-electron chi connectivity index (χ0n) is 12.3. The smallest absolute Gasteiger partial charge is 0.243 e. The van der Waals surface area contributed by atoms with Gasteiger partial charge in [0.05, 0.1) is 4.87 Å². The molecule has 0 spiro atoms. The van der Waals surface area contributed by atoms with Gasteiger partial charge in [0.25, 0.3) is 0 Å². The van der Waals surface area contributed by atoms with Crippen molar-refractivity contribution >= 4 is 36.0 Å². The molecule has 4 atom stereocenters. The summed E-state index contributed by atoms with van der Waals surface area (Å²) in [4.78, 5) is 26.2. The maximum atomic E-state index is 12.5. The Bertz CT molecular complexity index is 436. The number of rotatable bonds is 3. The van der Waals surface area contributed by atoms with Crippen LogP contribution in [0.4, 0.5) is 0 Å². The van der Waals surface area contributed by atoms with E-state index < -0.39 is 0 Å². The summed E-state index contributed by atoms with van der Waals surface area (Å²) in [6.07, 6.45) is 4.67. The average Bonchev–Trinajstić information content (AvgIpc) is 3.06. The molecule has 120 valence electrons. The van der Waals surface area contributed by atoms with Crippen LogP contribution in [-0.2, 0) is 9.59 Å². The Balaban J connectivity index is 0.00000161. The van der Waals surface area contributed by atoms with Crippen molar-refractivity contribution in [1.29, 1.82) is 0 Å². The van der Waals surface area contributed by atoms with Crippen molar-refractivity contribution in [2.45, 2.75) is 56.0 Å². The number of carbonyl (C=O) groups is 2. The molecule has 3 fully saturated rings. The van der Waals surface area contributed by atoms with Crippen LogP contribution in [0.2, 0.25) is 0 Å². The van der Waals surface area contributed by atoms with E-state index in [4.69, 9.17) is 5.73 Å². The van der Waals surface area contributed by atoms with Crippen LogP contribution in [0.25, 0.3) is 0 Å². The molecule has 2 aliphatic heterocycles. The van der Waals surface area contributed by atoms with Gasteiger partial charge in [-0.2, -0.15) is 0 Å². The lowest BCUT2D eigenvalue weighted by Crippen LogP contribution is -2.53. The molecule has 5 nitrogen and oxygen atoms in total. The van der Waals surface area contributed by atoms with Gasteiger partial charge in [0.2, 0.25) is 11.8 Å². The Morgan fingerprint density at radius 3 is 3.00 bits per heavy atom. The van der Waals surface area contributed by atoms with E-state index in [9.17, 15) is 9.59 Å². The monoisotopic (exact) mass is 333 g/mol. The van der Waals surface area contributed by atoms with Gasteiger partial charge in [-0.25, -0.2) is 0 Å². The molecule has 3 rings (SSSR count). The van der Waals surface area contributed by atoms with Crippen LogP contribution >= 0.6 is 24.2 Å². The quantitative estimate of drug-likeness (QED) is 0.811. The van der Waals surface area contributed by atoms with Crippen LogP contribution in [0, 0.1) is 5.92 Å². The van der Waals surface area contributed by atoms with Crippen LogP contribution in [0.1, 0.15) is 39.0 Å². The molecular formula is C14H24ClN3O2S. The number of thioether (sulfide) groups is 1. The van der Waals surface area contributed by atoms with Crippen molar-refractivity contribution < 1.29 is 9.59 Å². The molecular weight excluding hydrogens is 310 g/mol. The molecule has 3 N–H and O–H groups in total. The highest BCUT2D eigenvalue weighted by atomic mass is 35.5. The largest absolute Gasteiger partial charge is 0.351 e. The van der Waals surface area contributed by atoms with E-state index in [0.717, 1.165) is 25.7 Å². The molecule has 21 heavy (non-hydrogen) atoms. The zero-order valence-corrected chi connectivity index (χ0v) is 14.0. The first kappa shape index (κ1) is 16.9. The summed E-state index contributed by atoms with van der Waals surface area (Å²) in [6, 6.07) is -0.0962. The Hall–Kier alpha value is -0.460. The van der Waals surface area contributed by atoms with Crippen LogP contribution in [0.3, 0.4) is 0 Å². The number of fused-ring (bicyclic) bond motifs is 1. The predicted octanol–water partition coefficient (Wildman–Crippen LogP) is 1.11. The molecule has 4 unspecified atom stereocenters. The molecule has 7 heteroatoms. The van der Waals surface area contributed by atoms with E-state index in [-0.39, 0.29) is 41.2 Å². The first-order chi connectivity index (χ1) is 9.55. The minimum absolute atomic E-state index is 0. The third-order valence-corrected chi connectivity index (χ3v) is 6.54. The van der Waals surface area contributed by atoms with Gasteiger partial charge in [0, 0.05) is 18.2 Å². The fourth-order valence-corrected chi connectivity index (χ4v) is 5.23. The number of nitrogens with one attached hydrogen (secondary N) is 1. The Morgan fingerprint density at radius 1 is 1.52 bits per heavy atom. The van der Waals surface area contributed by atoms with Crippen molar-refractivity contribution in [3.63, 3.8) is 0 Å². The maximum Gasteiger partial charge on any atom is 0.243 e. The molecule has 2 saturated heterocycles. The van der Waals surface area contributed by atoms with Crippen molar-refractivity contribution in [1.82, 2.24) is 10.2 Å². The second-order valence-corrected chi connectivity index (χ2v) is 7.81. The minimum Gasteiger partial charge on any atom is -0.351 e.